The number of carbonyl (C=O) groups is 1. The van der Waals surface area contributed by atoms with Crippen molar-refractivity contribution in [3.05, 3.63) is 35.7 Å². The van der Waals surface area contributed by atoms with Crippen LogP contribution in [0.1, 0.15) is 35.9 Å². The smallest absolute Gasteiger partial charge is 0.387 e. The summed E-state index contributed by atoms with van der Waals surface area (Å²) in [6.07, 6.45) is 2.12. The summed E-state index contributed by atoms with van der Waals surface area (Å²) in [5.74, 6) is 0.429. The summed E-state index contributed by atoms with van der Waals surface area (Å²) >= 11 is 0. The molecule has 1 unspecified atom stereocenters. The predicted octanol–water partition coefficient (Wildman–Crippen LogP) is 3.05. The summed E-state index contributed by atoms with van der Waals surface area (Å²) in [7, 11) is 0. The van der Waals surface area contributed by atoms with Gasteiger partial charge in [-0.25, -0.2) is 4.68 Å². The first-order valence-corrected chi connectivity index (χ1v) is 8.22. The Hall–Kier alpha value is -2.51. The molecule has 1 atom stereocenters. The van der Waals surface area contributed by atoms with Crippen molar-refractivity contribution in [3.8, 4) is 11.4 Å². The van der Waals surface area contributed by atoms with Crippen molar-refractivity contribution in [3.63, 3.8) is 0 Å². The van der Waals surface area contributed by atoms with Gasteiger partial charge in [0.15, 0.2) is 5.69 Å². The van der Waals surface area contributed by atoms with Gasteiger partial charge < -0.3 is 9.64 Å². The molecule has 6 nitrogen and oxygen atoms in total. The molecule has 8 heteroatoms. The van der Waals surface area contributed by atoms with Crippen LogP contribution in [-0.2, 0) is 0 Å². The molecule has 1 aromatic heterocycles. The lowest BCUT2D eigenvalue weighted by molar-refractivity contribution is -0.0498. The Morgan fingerprint density at radius 2 is 2.04 bits per heavy atom. The molecular formula is C17H20F2N4O2. The molecule has 0 aliphatic carbocycles. The normalized spacial score (nSPS) is 17.8. The first kappa shape index (κ1) is 17.3. The molecule has 1 aliphatic heterocycles. The Morgan fingerprint density at radius 3 is 2.68 bits per heavy atom. The number of amides is 1. The standard InChI is InChI=1S/C17H20F2N4O2/c1-11-4-3-9-22(10-11)16(24)15-12(2)23(21-20-15)13-5-7-14(8-6-13)25-17(18)19/h5-8,11,17H,3-4,9-10H2,1-2H3. The minimum absolute atomic E-state index is 0.0649. The lowest BCUT2D eigenvalue weighted by Gasteiger charge is -2.30. The van der Waals surface area contributed by atoms with Gasteiger partial charge in [-0.1, -0.05) is 12.1 Å². The third kappa shape index (κ3) is 3.78. The number of carbonyl (C=O) groups excluding carboxylic acids is 1. The third-order valence-electron chi connectivity index (χ3n) is 4.35. The molecule has 0 bridgehead atoms. The van der Waals surface area contributed by atoms with Crippen LogP contribution < -0.4 is 4.74 Å². The van der Waals surface area contributed by atoms with Crippen molar-refractivity contribution in [1.82, 2.24) is 19.9 Å². The summed E-state index contributed by atoms with van der Waals surface area (Å²) in [5.41, 5.74) is 1.56. The number of alkyl halides is 2. The van der Waals surface area contributed by atoms with E-state index in [2.05, 4.69) is 22.0 Å². The number of rotatable bonds is 4. The molecule has 1 saturated heterocycles. The topological polar surface area (TPSA) is 60.2 Å². The molecule has 3 rings (SSSR count). The van der Waals surface area contributed by atoms with Crippen molar-refractivity contribution in [2.45, 2.75) is 33.3 Å². The minimum Gasteiger partial charge on any atom is -0.435 e. The Balaban J connectivity index is 1.80. The largest absolute Gasteiger partial charge is 0.435 e. The summed E-state index contributed by atoms with van der Waals surface area (Å²) in [5, 5.41) is 8.08. The molecule has 0 N–H and O–H groups in total. The number of ether oxygens (including phenoxy) is 1. The Bertz CT molecular complexity index is 746. The maximum absolute atomic E-state index is 12.7. The number of hydrogen-bond acceptors (Lipinski definition) is 4. The summed E-state index contributed by atoms with van der Waals surface area (Å²) in [6.45, 7) is 2.49. The molecular weight excluding hydrogens is 330 g/mol. The van der Waals surface area contributed by atoms with Gasteiger partial charge in [-0.2, -0.15) is 8.78 Å². The van der Waals surface area contributed by atoms with Crippen LogP contribution in [0.5, 0.6) is 5.75 Å². The predicted molar refractivity (Wildman–Crippen MR) is 87.0 cm³/mol. The molecule has 1 fully saturated rings. The van der Waals surface area contributed by atoms with Crippen molar-refractivity contribution in [2.24, 2.45) is 5.92 Å². The summed E-state index contributed by atoms with van der Waals surface area (Å²) in [4.78, 5) is 14.5. The van der Waals surface area contributed by atoms with Gasteiger partial charge in [0.25, 0.3) is 5.91 Å². The van der Waals surface area contributed by atoms with Crippen LogP contribution in [0.25, 0.3) is 5.69 Å². The van der Waals surface area contributed by atoms with Gasteiger partial charge in [-0.3, -0.25) is 4.79 Å². The van der Waals surface area contributed by atoms with E-state index in [0.29, 0.717) is 23.0 Å². The van der Waals surface area contributed by atoms with E-state index in [1.807, 2.05) is 4.90 Å². The number of halogens is 2. The fraction of sp³-hybridized carbons (Fsp3) is 0.471. The van der Waals surface area contributed by atoms with Crippen LogP contribution in [0.15, 0.2) is 24.3 Å². The highest BCUT2D eigenvalue weighted by molar-refractivity contribution is 5.93. The highest BCUT2D eigenvalue weighted by atomic mass is 19.3. The van der Waals surface area contributed by atoms with Gasteiger partial charge in [0.2, 0.25) is 0 Å². The van der Waals surface area contributed by atoms with Gasteiger partial charge in [-0.15, -0.1) is 5.10 Å². The molecule has 0 saturated carbocycles. The Labute approximate surface area is 144 Å². The van der Waals surface area contributed by atoms with Crippen LogP contribution in [-0.4, -0.2) is 45.5 Å². The summed E-state index contributed by atoms with van der Waals surface area (Å²) in [6, 6.07) is 6.04. The van der Waals surface area contributed by atoms with Crippen molar-refractivity contribution < 1.29 is 18.3 Å². The van der Waals surface area contributed by atoms with Crippen LogP contribution in [0.4, 0.5) is 8.78 Å². The number of hydrogen-bond donors (Lipinski definition) is 0. The van der Waals surface area contributed by atoms with E-state index in [1.54, 1.807) is 19.1 Å². The molecule has 134 valence electrons. The Morgan fingerprint density at radius 1 is 1.32 bits per heavy atom. The second-order valence-corrected chi connectivity index (χ2v) is 6.31. The zero-order chi connectivity index (χ0) is 18.0. The Kier molecular flexibility index (Phi) is 4.96. The second kappa shape index (κ2) is 7.16. The highest BCUT2D eigenvalue weighted by Crippen LogP contribution is 2.21. The zero-order valence-corrected chi connectivity index (χ0v) is 14.2. The first-order valence-electron chi connectivity index (χ1n) is 8.22. The number of likely N-dealkylation sites (tertiary alicyclic amines) is 1. The monoisotopic (exact) mass is 350 g/mol. The minimum atomic E-state index is -2.87. The van der Waals surface area contributed by atoms with Gasteiger partial charge in [-0.05, 0) is 49.9 Å². The number of benzene rings is 1. The van der Waals surface area contributed by atoms with Gasteiger partial charge in [0, 0.05) is 13.1 Å². The number of aromatic nitrogens is 3. The van der Waals surface area contributed by atoms with Gasteiger partial charge in [0.05, 0.1) is 11.4 Å². The quantitative estimate of drug-likeness (QED) is 0.850. The van der Waals surface area contributed by atoms with E-state index in [1.165, 1.54) is 16.8 Å². The average Bonchev–Trinajstić information content (AvgIpc) is 2.96. The lowest BCUT2D eigenvalue weighted by Crippen LogP contribution is -2.39. The van der Waals surface area contributed by atoms with E-state index in [9.17, 15) is 13.6 Å². The van der Waals surface area contributed by atoms with E-state index in [0.717, 1.165) is 25.9 Å². The highest BCUT2D eigenvalue weighted by Gasteiger charge is 2.26. The molecule has 2 heterocycles. The lowest BCUT2D eigenvalue weighted by atomic mass is 10.00. The van der Waals surface area contributed by atoms with Crippen LogP contribution in [0, 0.1) is 12.8 Å². The first-order chi connectivity index (χ1) is 12.0. The molecule has 1 aliphatic rings. The number of nitrogens with zero attached hydrogens (tertiary/aromatic N) is 4. The summed E-state index contributed by atoms with van der Waals surface area (Å²) < 4.78 is 30.3. The zero-order valence-electron chi connectivity index (χ0n) is 14.2. The third-order valence-corrected chi connectivity index (χ3v) is 4.35. The second-order valence-electron chi connectivity index (χ2n) is 6.31. The molecule has 2 aromatic rings. The van der Waals surface area contributed by atoms with E-state index in [-0.39, 0.29) is 11.7 Å². The SMILES string of the molecule is Cc1c(C(=O)N2CCCC(C)C2)nnn1-c1ccc(OC(F)F)cc1. The van der Waals surface area contributed by atoms with E-state index >= 15 is 0 Å². The van der Waals surface area contributed by atoms with Crippen molar-refractivity contribution in [2.75, 3.05) is 13.1 Å². The molecule has 1 aromatic carbocycles. The van der Waals surface area contributed by atoms with Gasteiger partial charge >= 0.3 is 6.61 Å². The van der Waals surface area contributed by atoms with Crippen molar-refractivity contribution in [1.29, 1.82) is 0 Å². The molecule has 25 heavy (non-hydrogen) atoms. The van der Waals surface area contributed by atoms with E-state index in [4.69, 9.17) is 0 Å². The fourth-order valence-electron chi connectivity index (χ4n) is 3.06. The molecule has 1 amide bonds. The maximum Gasteiger partial charge on any atom is 0.387 e. The number of piperidine rings is 1. The average molecular weight is 350 g/mol. The van der Waals surface area contributed by atoms with E-state index < -0.39 is 6.61 Å². The van der Waals surface area contributed by atoms with Gasteiger partial charge in [0.1, 0.15) is 5.75 Å². The van der Waals surface area contributed by atoms with Crippen molar-refractivity contribution >= 4 is 5.91 Å². The van der Waals surface area contributed by atoms with Crippen LogP contribution in [0.2, 0.25) is 0 Å². The maximum atomic E-state index is 12.7. The van der Waals surface area contributed by atoms with Crippen LogP contribution in [0.3, 0.4) is 0 Å². The fourth-order valence-corrected chi connectivity index (χ4v) is 3.06. The molecule has 0 radical (unpaired) electrons. The van der Waals surface area contributed by atoms with Crippen LogP contribution >= 0.6 is 0 Å². The molecule has 0 spiro atoms.